The molecule has 2 saturated heterocycles. The van der Waals surface area contributed by atoms with Crippen molar-refractivity contribution in [2.45, 2.75) is 50.0 Å². The molecule has 1 amide bonds. The lowest BCUT2D eigenvalue weighted by Gasteiger charge is -2.34. The maximum atomic E-state index is 13.4. The molecule has 0 saturated carbocycles. The normalized spacial score (nSPS) is 19.4. The fourth-order valence-electron chi connectivity index (χ4n) is 4.65. The standard InChI is InChI=1S/C26H33FN2O4/c1-28-24(8-5-15-26(31-18-19-32-26)20-9-11-21(27)12-10-20)25(30)29-16-13-23(14-17-29)33-22-6-3-2-4-7-22/h2-4,6-7,9-12,23-24,28H,5,8,13-19H2,1H3. The molecular weight excluding hydrogens is 423 g/mol. The Hall–Kier alpha value is -2.48. The second-order valence-corrected chi connectivity index (χ2v) is 8.65. The van der Waals surface area contributed by atoms with Crippen molar-refractivity contribution in [2.75, 3.05) is 33.4 Å². The van der Waals surface area contributed by atoms with Crippen molar-refractivity contribution in [2.24, 2.45) is 0 Å². The van der Waals surface area contributed by atoms with Crippen LogP contribution < -0.4 is 10.1 Å². The number of nitrogens with one attached hydrogen (secondary N) is 1. The third-order valence-corrected chi connectivity index (χ3v) is 6.48. The first-order valence-electron chi connectivity index (χ1n) is 11.8. The smallest absolute Gasteiger partial charge is 0.239 e. The van der Waals surface area contributed by atoms with Gasteiger partial charge in [-0.3, -0.25) is 4.79 Å². The van der Waals surface area contributed by atoms with Gasteiger partial charge in [0.1, 0.15) is 17.7 Å². The highest BCUT2D eigenvalue weighted by Gasteiger charge is 2.38. The Labute approximate surface area is 195 Å². The first-order valence-corrected chi connectivity index (χ1v) is 11.8. The SMILES string of the molecule is CNC(CCCC1(c2ccc(F)cc2)OCCO1)C(=O)N1CCC(Oc2ccccc2)CC1. The van der Waals surface area contributed by atoms with Crippen molar-refractivity contribution in [3.05, 3.63) is 66.0 Å². The van der Waals surface area contributed by atoms with E-state index in [4.69, 9.17) is 14.2 Å². The number of likely N-dealkylation sites (N-methyl/N-ethyl adjacent to an activating group) is 1. The number of hydrogen-bond donors (Lipinski definition) is 1. The topological polar surface area (TPSA) is 60.0 Å². The van der Waals surface area contributed by atoms with Crippen LogP contribution in [0, 0.1) is 5.82 Å². The fourth-order valence-corrected chi connectivity index (χ4v) is 4.65. The summed E-state index contributed by atoms with van der Waals surface area (Å²) in [5.41, 5.74) is 0.814. The molecule has 178 valence electrons. The number of para-hydroxylation sites is 1. The van der Waals surface area contributed by atoms with Gasteiger partial charge in [0.2, 0.25) is 5.91 Å². The Kier molecular flexibility index (Phi) is 7.96. The van der Waals surface area contributed by atoms with Crippen molar-refractivity contribution in [1.82, 2.24) is 10.2 Å². The lowest BCUT2D eigenvalue weighted by Crippen LogP contribution is -2.49. The molecule has 2 aromatic rings. The van der Waals surface area contributed by atoms with Gasteiger partial charge in [-0.1, -0.05) is 30.3 Å². The summed E-state index contributed by atoms with van der Waals surface area (Å²) < 4.78 is 31.3. The largest absolute Gasteiger partial charge is 0.490 e. The number of nitrogens with zero attached hydrogens (tertiary/aromatic N) is 1. The highest BCUT2D eigenvalue weighted by Crippen LogP contribution is 2.36. The number of ether oxygens (including phenoxy) is 3. The molecule has 1 N–H and O–H groups in total. The summed E-state index contributed by atoms with van der Waals surface area (Å²) in [6.07, 6.45) is 3.81. The highest BCUT2D eigenvalue weighted by molar-refractivity contribution is 5.82. The van der Waals surface area contributed by atoms with Crippen LogP contribution in [0.25, 0.3) is 0 Å². The van der Waals surface area contributed by atoms with Crippen molar-refractivity contribution in [3.63, 3.8) is 0 Å². The summed E-state index contributed by atoms with van der Waals surface area (Å²) in [6, 6.07) is 15.8. The van der Waals surface area contributed by atoms with E-state index >= 15 is 0 Å². The van der Waals surface area contributed by atoms with Gasteiger partial charge in [-0.05, 0) is 44.2 Å². The summed E-state index contributed by atoms with van der Waals surface area (Å²) in [5.74, 6) is -0.144. The van der Waals surface area contributed by atoms with E-state index < -0.39 is 5.79 Å². The van der Waals surface area contributed by atoms with Crippen molar-refractivity contribution >= 4 is 5.91 Å². The van der Waals surface area contributed by atoms with Crippen LogP contribution in [0.5, 0.6) is 5.75 Å². The van der Waals surface area contributed by atoms with Crippen LogP contribution in [0.4, 0.5) is 4.39 Å². The Morgan fingerprint density at radius 3 is 2.42 bits per heavy atom. The zero-order valence-electron chi connectivity index (χ0n) is 19.2. The van der Waals surface area contributed by atoms with E-state index in [-0.39, 0.29) is 23.9 Å². The molecule has 0 spiro atoms. The molecule has 0 aliphatic carbocycles. The number of halogens is 1. The molecule has 2 aliphatic rings. The molecule has 2 heterocycles. The Bertz CT molecular complexity index is 879. The van der Waals surface area contributed by atoms with Crippen LogP contribution in [0.2, 0.25) is 0 Å². The first kappa shape index (κ1) is 23.7. The molecular formula is C26H33FN2O4. The number of piperidine rings is 1. The minimum atomic E-state index is -0.859. The number of hydrogen-bond acceptors (Lipinski definition) is 5. The lowest BCUT2D eigenvalue weighted by molar-refractivity contribution is -0.172. The van der Waals surface area contributed by atoms with Crippen LogP contribution >= 0.6 is 0 Å². The van der Waals surface area contributed by atoms with Gasteiger partial charge in [0.05, 0.1) is 19.3 Å². The van der Waals surface area contributed by atoms with Gasteiger partial charge in [0.15, 0.2) is 5.79 Å². The molecule has 1 unspecified atom stereocenters. The average Bonchev–Trinajstić information content (AvgIpc) is 3.33. The molecule has 1 atom stereocenters. The number of carbonyl (C=O) groups excluding carboxylic acids is 1. The van der Waals surface area contributed by atoms with E-state index in [1.165, 1.54) is 12.1 Å². The molecule has 2 aromatic carbocycles. The number of benzene rings is 2. The second-order valence-electron chi connectivity index (χ2n) is 8.65. The number of likely N-dealkylation sites (tertiary alicyclic amines) is 1. The third kappa shape index (κ3) is 5.91. The van der Waals surface area contributed by atoms with E-state index in [1.54, 1.807) is 12.1 Å². The summed E-state index contributed by atoms with van der Waals surface area (Å²) in [5, 5.41) is 3.18. The zero-order chi connectivity index (χ0) is 23.1. The van der Waals surface area contributed by atoms with Crippen LogP contribution in [-0.2, 0) is 20.1 Å². The van der Waals surface area contributed by atoms with E-state index in [2.05, 4.69) is 5.32 Å². The maximum absolute atomic E-state index is 13.4. The summed E-state index contributed by atoms with van der Waals surface area (Å²) in [6.45, 7) is 2.40. The number of amides is 1. The average molecular weight is 457 g/mol. The molecule has 0 aromatic heterocycles. The first-order chi connectivity index (χ1) is 16.1. The second kappa shape index (κ2) is 11.1. The number of rotatable bonds is 9. The molecule has 6 nitrogen and oxygen atoms in total. The van der Waals surface area contributed by atoms with E-state index in [0.29, 0.717) is 39.1 Å². The molecule has 2 aliphatic heterocycles. The van der Waals surface area contributed by atoms with E-state index in [1.807, 2.05) is 42.3 Å². The van der Waals surface area contributed by atoms with Gasteiger partial charge < -0.3 is 24.4 Å². The molecule has 0 bridgehead atoms. The van der Waals surface area contributed by atoms with Gasteiger partial charge >= 0.3 is 0 Å². The fraction of sp³-hybridized carbons (Fsp3) is 0.500. The number of carbonyl (C=O) groups is 1. The Morgan fingerprint density at radius 1 is 1.12 bits per heavy atom. The van der Waals surface area contributed by atoms with Gasteiger partial charge in [0.25, 0.3) is 0 Å². The quantitative estimate of drug-likeness (QED) is 0.621. The summed E-state index contributed by atoms with van der Waals surface area (Å²) in [7, 11) is 1.83. The minimum Gasteiger partial charge on any atom is -0.490 e. The summed E-state index contributed by atoms with van der Waals surface area (Å²) in [4.78, 5) is 15.1. The minimum absolute atomic E-state index is 0.125. The van der Waals surface area contributed by atoms with Crippen molar-refractivity contribution < 1.29 is 23.4 Å². The Morgan fingerprint density at radius 2 is 1.79 bits per heavy atom. The monoisotopic (exact) mass is 456 g/mol. The van der Waals surface area contributed by atoms with Gasteiger partial charge in [0, 0.05) is 37.9 Å². The summed E-state index contributed by atoms with van der Waals surface area (Å²) >= 11 is 0. The van der Waals surface area contributed by atoms with Crippen LogP contribution in [0.3, 0.4) is 0 Å². The van der Waals surface area contributed by atoms with E-state index in [9.17, 15) is 9.18 Å². The lowest BCUT2D eigenvalue weighted by atomic mass is 9.97. The van der Waals surface area contributed by atoms with Gasteiger partial charge in [-0.25, -0.2) is 4.39 Å². The molecule has 2 fully saturated rings. The maximum Gasteiger partial charge on any atom is 0.239 e. The van der Waals surface area contributed by atoms with E-state index in [0.717, 1.165) is 30.6 Å². The van der Waals surface area contributed by atoms with Gasteiger partial charge in [-0.2, -0.15) is 0 Å². The van der Waals surface area contributed by atoms with Crippen LogP contribution in [0.15, 0.2) is 54.6 Å². The predicted molar refractivity (Wildman–Crippen MR) is 123 cm³/mol. The molecule has 33 heavy (non-hydrogen) atoms. The third-order valence-electron chi connectivity index (χ3n) is 6.48. The van der Waals surface area contributed by atoms with Gasteiger partial charge in [-0.15, -0.1) is 0 Å². The molecule has 4 rings (SSSR count). The zero-order valence-corrected chi connectivity index (χ0v) is 19.2. The predicted octanol–water partition coefficient (Wildman–Crippen LogP) is 3.85. The van der Waals surface area contributed by atoms with Crippen LogP contribution in [0.1, 0.15) is 37.7 Å². The highest BCUT2D eigenvalue weighted by atomic mass is 19.1. The molecule has 7 heteroatoms. The molecule has 0 radical (unpaired) electrons. The Balaban J connectivity index is 1.27. The van der Waals surface area contributed by atoms with Crippen molar-refractivity contribution in [1.29, 1.82) is 0 Å². The van der Waals surface area contributed by atoms with Crippen molar-refractivity contribution in [3.8, 4) is 5.75 Å². The van der Waals surface area contributed by atoms with Crippen LogP contribution in [-0.4, -0.2) is 56.3 Å².